The number of aliphatic hydroxyl groups is 2. The van der Waals surface area contributed by atoms with Gasteiger partial charge in [-0.3, -0.25) is 18.6 Å². The van der Waals surface area contributed by atoms with Crippen LogP contribution in [0, 0.1) is 0 Å². The lowest BCUT2D eigenvalue weighted by Gasteiger charge is -2.20. The molecule has 0 bridgehead atoms. The molecule has 0 radical (unpaired) electrons. The minimum atomic E-state index is -4.61. The van der Waals surface area contributed by atoms with E-state index in [-0.39, 0.29) is 19.4 Å². The van der Waals surface area contributed by atoms with Crippen molar-refractivity contribution in [3.8, 4) is 0 Å². The van der Waals surface area contributed by atoms with Crippen LogP contribution in [0.3, 0.4) is 0 Å². The van der Waals surface area contributed by atoms with Gasteiger partial charge in [0, 0.05) is 12.8 Å². The lowest BCUT2D eigenvalue weighted by atomic mass is 10.0. The molecule has 0 aromatic heterocycles. The second-order valence-electron chi connectivity index (χ2n) is 14.7. The van der Waals surface area contributed by atoms with Crippen molar-refractivity contribution in [3.63, 3.8) is 0 Å². The molecule has 0 fully saturated rings. The average Bonchev–Trinajstić information content (AvgIpc) is 3.13. The highest BCUT2D eigenvalue weighted by molar-refractivity contribution is 7.47. The Morgan fingerprint density at radius 1 is 0.500 bits per heavy atom. The van der Waals surface area contributed by atoms with E-state index >= 15 is 0 Å². The van der Waals surface area contributed by atoms with Crippen LogP contribution in [0.15, 0.2) is 0 Å². The molecule has 10 nitrogen and oxygen atoms in total. The molecule has 0 aromatic rings. The molecule has 11 heteroatoms. The van der Waals surface area contributed by atoms with Gasteiger partial charge >= 0.3 is 19.8 Å². The van der Waals surface area contributed by atoms with Gasteiger partial charge in [-0.2, -0.15) is 0 Å². The quantitative estimate of drug-likeness (QED) is 0.0312. The van der Waals surface area contributed by atoms with E-state index in [0.717, 1.165) is 32.1 Å². The fraction of sp³-hybridized carbons (Fsp3) is 0.951. The van der Waals surface area contributed by atoms with Crippen LogP contribution in [-0.2, 0) is 32.7 Å². The van der Waals surface area contributed by atoms with Gasteiger partial charge < -0.3 is 24.6 Å². The summed E-state index contributed by atoms with van der Waals surface area (Å²) in [5.74, 6) is -0.910. The molecular formula is C41H81O10P. The summed E-state index contributed by atoms with van der Waals surface area (Å²) < 4.78 is 32.7. The van der Waals surface area contributed by atoms with Gasteiger partial charge in [-0.15, -0.1) is 0 Å². The molecule has 3 N–H and O–H groups in total. The van der Waals surface area contributed by atoms with E-state index in [1.807, 2.05) is 0 Å². The van der Waals surface area contributed by atoms with Crippen LogP contribution in [-0.4, -0.2) is 65.7 Å². The van der Waals surface area contributed by atoms with Gasteiger partial charge in [0.05, 0.1) is 19.8 Å². The monoisotopic (exact) mass is 765 g/mol. The van der Waals surface area contributed by atoms with Crippen LogP contribution in [0.25, 0.3) is 0 Å². The van der Waals surface area contributed by atoms with Gasteiger partial charge in [-0.05, 0) is 12.8 Å². The van der Waals surface area contributed by atoms with Crippen LogP contribution in [0.2, 0.25) is 0 Å². The highest BCUT2D eigenvalue weighted by Gasteiger charge is 2.27. The van der Waals surface area contributed by atoms with E-state index in [4.69, 9.17) is 19.1 Å². The third kappa shape index (κ3) is 37.3. The number of phosphoric acid groups is 1. The number of ether oxygens (including phenoxy) is 2. The zero-order valence-electron chi connectivity index (χ0n) is 33.6. The van der Waals surface area contributed by atoms with Gasteiger partial charge in [0.1, 0.15) is 12.7 Å². The summed E-state index contributed by atoms with van der Waals surface area (Å²) in [5, 5.41) is 18.3. The number of carbonyl (C=O) groups excluding carboxylic acids is 2. The van der Waals surface area contributed by atoms with Crippen molar-refractivity contribution in [1.82, 2.24) is 0 Å². The molecule has 310 valence electrons. The van der Waals surface area contributed by atoms with Crippen molar-refractivity contribution < 1.29 is 47.8 Å². The molecule has 0 heterocycles. The molecule has 0 aliphatic carbocycles. The van der Waals surface area contributed by atoms with E-state index < -0.39 is 51.8 Å². The maximum absolute atomic E-state index is 12.6. The second-order valence-corrected chi connectivity index (χ2v) is 16.2. The van der Waals surface area contributed by atoms with E-state index in [0.29, 0.717) is 12.8 Å². The number of phosphoric ester groups is 1. The minimum absolute atomic E-state index is 0.192. The number of hydrogen-bond acceptors (Lipinski definition) is 9. The fourth-order valence-electron chi connectivity index (χ4n) is 6.17. The van der Waals surface area contributed by atoms with Gasteiger partial charge in [0.2, 0.25) is 0 Å². The minimum Gasteiger partial charge on any atom is -0.462 e. The van der Waals surface area contributed by atoms with Crippen molar-refractivity contribution in [2.24, 2.45) is 0 Å². The normalized spacial score (nSPS) is 13.9. The summed E-state index contributed by atoms with van der Waals surface area (Å²) in [6.45, 7) is 2.41. The van der Waals surface area contributed by atoms with Crippen LogP contribution in [0.1, 0.15) is 213 Å². The Hall–Kier alpha value is -1.03. The summed E-state index contributed by atoms with van der Waals surface area (Å²) in [6.07, 6.45) is 33.5. The van der Waals surface area contributed by atoms with Crippen molar-refractivity contribution >= 4 is 19.8 Å². The number of aliphatic hydroxyl groups excluding tert-OH is 2. The van der Waals surface area contributed by atoms with Crippen molar-refractivity contribution in [2.45, 2.75) is 225 Å². The molecule has 3 atom stereocenters. The first-order chi connectivity index (χ1) is 25.2. The third-order valence-corrected chi connectivity index (χ3v) is 10.5. The molecule has 0 aliphatic rings. The Labute approximate surface area is 318 Å². The zero-order chi connectivity index (χ0) is 38.4. The number of carbonyl (C=O) groups is 2. The van der Waals surface area contributed by atoms with Gasteiger partial charge in [-0.1, -0.05) is 187 Å². The standard InChI is InChI=1S/C41H81O10P/c1-3-5-7-9-11-13-15-17-19-21-22-24-26-28-30-32-40(44)48-36-39(37-50-52(46,47)49-35-38(43)34-42)51-41(45)33-31-29-27-25-23-20-18-16-14-12-10-8-6-4-2/h38-39,42-43H,3-37H2,1-2H3,(H,46,47)/t38-,39+/m0/s1. The maximum Gasteiger partial charge on any atom is 0.472 e. The van der Waals surface area contributed by atoms with Crippen LogP contribution < -0.4 is 0 Å². The topological polar surface area (TPSA) is 149 Å². The SMILES string of the molecule is CCCCCCCCCCCCCCCCCC(=O)OC[C@H](COP(=O)(O)OC[C@@H](O)CO)OC(=O)CCCCCCCCCCCCCCCC. The lowest BCUT2D eigenvalue weighted by molar-refractivity contribution is -0.161. The Balaban J connectivity index is 4.26. The van der Waals surface area contributed by atoms with E-state index in [1.54, 1.807) is 0 Å². The molecule has 0 spiro atoms. The summed E-state index contributed by atoms with van der Waals surface area (Å²) in [4.78, 5) is 34.9. The predicted molar refractivity (Wildman–Crippen MR) is 210 cm³/mol. The first-order valence-corrected chi connectivity index (χ1v) is 23.0. The summed E-state index contributed by atoms with van der Waals surface area (Å²) in [7, 11) is -4.61. The van der Waals surface area contributed by atoms with E-state index in [9.17, 15) is 24.2 Å². The molecule has 0 saturated carbocycles. The highest BCUT2D eigenvalue weighted by atomic mass is 31.2. The Morgan fingerprint density at radius 2 is 0.827 bits per heavy atom. The van der Waals surface area contributed by atoms with Crippen LogP contribution in [0.5, 0.6) is 0 Å². The third-order valence-electron chi connectivity index (χ3n) is 9.51. The Bertz CT molecular complexity index is 842. The first-order valence-electron chi connectivity index (χ1n) is 21.5. The Morgan fingerprint density at radius 3 is 1.19 bits per heavy atom. The lowest BCUT2D eigenvalue weighted by Crippen LogP contribution is -2.29. The summed E-state index contributed by atoms with van der Waals surface area (Å²) in [5.41, 5.74) is 0. The van der Waals surface area contributed by atoms with Crippen LogP contribution >= 0.6 is 7.82 Å². The zero-order valence-corrected chi connectivity index (χ0v) is 34.4. The van der Waals surface area contributed by atoms with Gasteiger partial charge in [-0.25, -0.2) is 4.57 Å². The summed E-state index contributed by atoms with van der Waals surface area (Å²) in [6, 6.07) is 0. The summed E-state index contributed by atoms with van der Waals surface area (Å²) >= 11 is 0. The van der Waals surface area contributed by atoms with Crippen molar-refractivity contribution in [3.05, 3.63) is 0 Å². The van der Waals surface area contributed by atoms with E-state index in [2.05, 4.69) is 18.4 Å². The largest absolute Gasteiger partial charge is 0.472 e. The van der Waals surface area contributed by atoms with Gasteiger partial charge in [0.15, 0.2) is 6.10 Å². The number of unbranched alkanes of at least 4 members (excludes halogenated alkanes) is 27. The maximum atomic E-state index is 12.6. The average molecular weight is 765 g/mol. The van der Waals surface area contributed by atoms with Crippen molar-refractivity contribution in [2.75, 3.05) is 26.4 Å². The first kappa shape index (κ1) is 51.0. The molecule has 0 aromatic carbocycles. The molecular weight excluding hydrogens is 683 g/mol. The highest BCUT2D eigenvalue weighted by Crippen LogP contribution is 2.43. The Kier molecular flexibility index (Phi) is 37.5. The number of hydrogen-bond donors (Lipinski definition) is 3. The van der Waals surface area contributed by atoms with Gasteiger partial charge in [0.25, 0.3) is 0 Å². The number of esters is 2. The second kappa shape index (κ2) is 38.3. The fourth-order valence-corrected chi connectivity index (χ4v) is 6.96. The van der Waals surface area contributed by atoms with Crippen molar-refractivity contribution in [1.29, 1.82) is 0 Å². The molecule has 0 aliphatic heterocycles. The smallest absolute Gasteiger partial charge is 0.462 e. The van der Waals surface area contributed by atoms with E-state index in [1.165, 1.54) is 141 Å². The van der Waals surface area contributed by atoms with Crippen LogP contribution in [0.4, 0.5) is 0 Å². The molecule has 0 saturated heterocycles. The molecule has 52 heavy (non-hydrogen) atoms. The molecule has 1 unspecified atom stereocenters. The molecule has 0 rings (SSSR count). The molecule has 0 amide bonds. The number of rotatable bonds is 41. The predicted octanol–water partition coefficient (Wildman–Crippen LogP) is 11.1.